The van der Waals surface area contributed by atoms with E-state index < -0.39 is 0 Å². The van der Waals surface area contributed by atoms with Crippen molar-refractivity contribution >= 4 is 11.3 Å². The molecule has 1 atom stereocenters. The molecule has 0 aliphatic carbocycles. The van der Waals surface area contributed by atoms with Crippen molar-refractivity contribution in [1.29, 1.82) is 0 Å². The Bertz CT molecular complexity index is 484. The first-order valence-electron chi connectivity index (χ1n) is 5.41. The zero-order chi connectivity index (χ0) is 11.7. The first-order valence-corrected chi connectivity index (χ1v) is 6.29. The van der Waals surface area contributed by atoms with Gasteiger partial charge >= 0.3 is 0 Å². The molecule has 16 heavy (non-hydrogen) atoms. The van der Waals surface area contributed by atoms with Gasteiger partial charge < -0.3 is 9.73 Å². The van der Waals surface area contributed by atoms with E-state index in [0.717, 1.165) is 11.5 Å². The van der Waals surface area contributed by atoms with Gasteiger partial charge in [0.15, 0.2) is 0 Å². The smallest absolute Gasteiger partial charge is 0.106 e. The number of hydrogen-bond acceptors (Lipinski definition) is 3. The molecule has 0 fully saturated rings. The van der Waals surface area contributed by atoms with Gasteiger partial charge in [0.1, 0.15) is 11.5 Å². The molecular weight excluding hydrogens is 218 g/mol. The Kier molecular flexibility index (Phi) is 3.17. The van der Waals surface area contributed by atoms with Gasteiger partial charge in [0.25, 0.3) is 0 Å². The summed E-state index contributed by atoms with van der Waals surface area (Å²) >= 11 is 1.79. The zero-order valence-corrected chi connectivity index (χ0v) is 10.9. The molecule has 0 radical (unpaired) electrons. The van der Waals surface area contributed by atoms with Gasteiger partial charge in [-0.25, -0.2) is 0 Å². The van der Waals surface area contributed by atoms with Crippen molar-refractivity contribution in [3.63, 3.8) is 0 Å². The van der Waals surface area contributed by atoms with Crippen LogP contribution in [0.15, 0.2) is 21.9 Å². The molecule has 1 N–H and O–H groups in total. The van der Waals surface area contributed by atoms with E-state index in [1.165, 1.54) is 16.0 Å². The van der Waals surface area contributed by atoms with E-state index in [1.807, 2.05) is 20.9 Å². The highest BCUT2D eigenvalue weighted by atomic mass is 32.1. The van der Waals surface area contributed by atoms with Crippen LogP contribution in [0.5, 0.6) is 0 Å². The average Bonchev–Trinajstić information content (AvgIpc) is 2.77. The monoisotopic (exact) mass is 235 g/mol. The molecule has 0 saturated carbocycles. The number of thiophene rings is 1. The van der Waals surface area contributed by atoms with Crippen molar-refractivity contribution in [2.24, 2.45) is 0 Å². The minimum Gasteiger partial charge on any atom is -0.466 e. The van der Waals surface area contributed by atoms with Crippen LogP contribution in [0.4, 0.5) is 0 Å². The molecule has 2 heterocycles. The standard InChI is InChI=1S/C13H17NOS/c1-8-5-6-16-13(8)12(14-4)11-7-9(2)15-10(11)3/h5-7,12,14H,1-4H3. The number of furan rings is 1. The largest absolute Gasteiger partial charge is 0.466 e. The zero-order valence-electron chi connectivity index (χ0n) is 10.1. The normalized spacial score (nSPS) is 13.0. The molecular formula is C13H17NOS. The maximum atomic E-state index is 5.60. The Morgan fingerprint density at radius 1 is 1.31 bits per heavy atom. The minimum atomic E-state index is 0.248. The molecule has 0 amide bonds. The molecule has 0 aromatic carbocycles. The fourth-order valence-electron chi connectivity index (χ4n) is 2.05. The molecule has 86 valence electrons. The number of aryl methyl sites for hydroxylation is 3. The fourth-order valence-corrected chi connectivity index (χ4v) is 3.10. The lowest BCUT2D eigenvalue weighted by Crippen LogP contribution is -2.17. The summed E-state index contributed by atoms with van der Waals surface area (Å²) < 4.78 is 5.60. The summed E-state index contributed by atoms with van der Waals surface area (Å²) in [5.74, 6) is 1.98. The third-order valence-corrected chi connectivity index (χ3v) is 3.93. The Morgan fingerprint density at radius 2 is 2.06 bits per heavy atom. The predicted molar refractivity (Wildman–Crippen MR) is 68.1 cm³/mol. The lowest BCUT2D eigenvalue weighted by atomic mass is 10.0. The number of hydrogen-bond donors (Lipinski definition) is 1. The first kappa shape index (κ1) is 11.4. The maximum absolute atomic E-state index is 5.60. The van der Waals surface area contributed by atoms with Gasteiger partial charge in [-0.2, -0.15) is 0 Å². The van der Waals surface area contributed by atoms with Crippen LogP contribution in [0.1, 0.15) is 33.6 Å². The molecule has 0 spiro atoms. The summed E-state index contributed by atoms with van der Waals surface area (Å²) in [6.45, 7) is 6.17. The Labute approximate surface area is 100 Å². The summed E-state index contributed by atoms with van der Waals surface area (Å²) in [6, 6.07) is 4.53. The Morgan fingerprint density at radius 3 is 2.50 bits per heavy atom. The van der Waals surface area contributed by atoms with Crippen LogP contribution in [0.25, 0.3) is 0 Å². The second-order valence-corrected chi connectivity index (χ2v) is 5.01. The van der Waals surface area contributed by atoms with Crippen LogP contribution in [-0.4, -0.2) is 7.05 Å². The Balaban J connectivity index is 2.44. The van der Waals surface area contributed by atoms with Gasteiger partial charge in [-0.3, -0.25) is 0 Å². The van der Waals surface area contributed by atoms with Gasteiger partial charge in [-0.05, 0) is 50.9 Å². The maximum Gasteiger partial charge on any atom is 0.106 e. The van der Waals surface area contributed by atoms with E-state index in [2.05, 4.69) is 29.8 Å². The molecule has 0 saturated heterocycles. The predicted octanol–water partition coefficient (Wildman–Crippen LogP) is 3.58. The van der Waals surface area contributed by atoms with Gasteiger partial charge in [-0.15, -0.1) is 11.3 Å². The van der Waals surface area contributed by atoms with Gasteiger partial charge in [0, 0.05) is 10.4 Å². The first-order chi connectivity index (χ1) is 7.63. The van der Waals surface area contributed by atoms with Crippen molar-refractivity contribution in [1.82, 2.24) is 5.32 Å². The highest BCUT2D eigenvalue weighted by Crippen LogP contribution is 2.32. The molecule has 2 aromatic heterocycles. The quantitative estimate of drug-likeness (QED) is 0.879. The van der Waals surface area contributed by atoms with Crippen molar-refractivity contribution in [2.75, 3.05) is 7.05 Å². The molecule has 0 aliphatic heterocycles. The highest BCUT2D eigenvalue weighted by molar-refractivity contribution is 7.10. The van der Waals surface area contributed by atoms with E-state index in [1.54, 1.807) is 11.3 Å². The Hall–Kier alpha value is -1.06. The molecule has 2 rings (SSSR count). The number of nitrogens with one attached hydrogen (secondary N) is 1. The topological polar surface area (TPSA) is 25.2 Å². The molecule has 0 bridgehead atoms. The van der Waals surface area contributed by atoms with Crippen molar-refractivity contribution < 1.29 is 4.42 Å². The molecule has 0 aliphatic rings. The lowest BCUT2D eigenvalue weighted by molar-refractivity contribution is 0.497. The second-order valence-electron chi connectivity index (χ2n) is 4.06. The lowest BCUT2D eigenvalue weighted by Gasteiger charge is -2.15. The summed E-state index contributed by atoms with van der Waals surface area (Å²) in [5.41, 5.74) is 2.58. The average molecular weight is 235 g/mol. The second kappa shape index (κ2) is 4.44. The third-order valence-electron chi connectivity index (χ3n) is 2.84. The van der Waals surface area contributed by atoms with Gasteiger partial charge in [0.05, 0.1) is 6.04 Å². The van der Waals surface area contributed by atoms with Crippen LogP contribution in [0, 0.1) is 20.8 Å². The summed E-state index contributed by atoms with van der Waals surface area (Å²) in [6.07, 6.45) is 0. The fraction of sp³-hybridized carbons (Fsp3) is 0.385. The van der Waals surface area contributed by atoms with E-state index >= 15 is 0 Å². The number of rotatable bonds is 3. The van der Waals surface area contributed by atoms with Crippen LogP contribution in [-0.2, 0) is 0 Å². The van der Waals surface area contributed by atoms with E-state index in [-0.39, 0.29) is 6.04 Å². The van der Waals surface area contributed by atoms with Crippen LogP contribution < -0.4 is 5.32 Å². The SMILES string of the molecule is CNC(c1cc(C)oc1C)c1sccc1C. The van der Waals surface area contributed by atoms with E-state index in [4.69, 9.17) is 4.42 Å². The minimum absolute atomic E-state index is 0.248. The summed E-state index contributed by atoms with van der Waals surface area (Å²) in [4.78, 5) is 1.37. The molecule has 2 aromatic rings. The molecule has 3 heteroatoms. The van der Waals surface area contributed by atoms with Crippen LogP contribution >= 0.6 is 11.3 Å². The van der Waals surface area contributed by atoms with Gasteiger partial charge in [0.2, 0.25) is 0 Å². The van der Waals surface area contributed by atoms with Crippen LogP contribution in [0.2, 0.25) is 0 Å². The highest BCUT2D eigenvalue weighted by Gasteiger charge is 2.19. The molecule has 1 unspecified atom stereocenters. The van der Waals surface area contributed by atoms with Crippen molar-refractivity contribution in [2.45, 2.75) is 26.8 Å². The van der Waals surface area contributed by atoms with E-state index in [0.29, 0.717) is 0 Å². The third kappa shape index (κ3) is 1.93. The van der Waals surface area contributed by atoms with Gasteiger partial charge in [-0.1, -0.05) is 0 Å². The van der Waals surface area contributed by atoms with Crippen LogP contribution in [0.3, 0.4) is 0 Å². The summed E-state index contributed by atoms with van der Waals surface area (Å²) in [5, 5.41) is 5.50. The van der Waals surface area contributed by atoms with E-state index in [9.17, 15) is 0 Å². The van der Waals surface area contributed by atoms with Crippen molar-refractivity contribution in [3.05, 3.63) is 45.0 Å². The van der Waals surface area contributed by atoms with Crippen molar-refractivity contribution in [3.8, 4) is 0 Å². The molecule has 2 nitrogen and oxygen atoms in total. The summed E-state index contributed by atoms with van der Waals surface area (Å²) in [7, 11) is 1.99.